The van der Waals surface area contributed by atoms with Crippen molar-refractivity contribution in [3.8, 4) is 0 Å². The van der Waals surface area contributed by atoms with Crippen LogP contribution in [-0.4, -0.2) is 46.5 Å². The Labute approximate surface area is 110 Å². The Bertz CT molecular complexity index is 337. The van der Waals surface area contributed by atoms with Gasteiger partial charge in [-0.05, 0) is 38.0 Å². The molecule has 0 aromatic heterocycles. The summed E-state index contributed by atoms with van der Waals surface area (Å²) in [5.74, 6) is 0.946. The highest BCUT2D eigenvalue weighted by molar-refractivity contribution is 7.89. The molecule has 2 aliphatic carbocycles. The van der Waals surface area contributed by atoms with Gasteiger partial charge in [-0.15, -0.1) is 0 Å². The second kappa shape index (κ2) is 6.84. The lowest BCUT2D eigenvalue weighted by Crippen LogP contribution is -2.33. The van der Waals surface area contributed by atoms with E-state index in [-0.39, 0.29) is 5.75 Å². The fraction of sp³-hybridized carbons (Fsp3) is 1.00. The Balaban J connectivity index is 1.42. The number of hydrogen-bond acceptors (Lipinski definition) is 4. The first-order valence-corrected chi connectivity index (χ1v) is 8.59. The molecule has 2 rings (SSSR count). The van der Waals surface area contributed by atoms with Gasteiger partial charge in [-0.2, -0.15) is 0 Å². The van der Waals surface area contributed by atoms with Crippen molar-refractivity contribution in [2.75, 3.05) is 32.1 Å². The Hall–Kier alpha value is -0.170. The normalized spacial score (nSPS) is 20.2. The van der Waals surface area contributed by atoms with Gasteiger partial charge in [-0.3, -0.25) is 0 Å². The molecule has 0 spiro atoms. The molecule has 6 heteroatoms. The standard InChI is InChI=1S/C12H24N2O3S/c15-18(16,9-7-13-12-4-5-12)14-6-1-8-17-10-11-2-3-11/h11-14H,1-10H2. The van der Waals surface area contributed by atoms with Crippen LogP contribution in [0.1, 0.15) is 32.1 Å². The van der Waals surface area contributed by atoms with Gasteiger partial charge in [-0.25, -0.2) is 13.1 Å². The fourth-order valence-electron chi connectivity index (χ4n) is 1.69. The van der Waals surface area contributed by atoms with Crippen molar-refractivity contribution in [1.29, 1.82) is 0 Å². The van der Waals surface area contributed by atoms with Crippen molar-refractivity contribution in [1.82, 2.24) is 10.0 Å². The van der Waals surface area contributed by atoms with Crippen LogP contribution in [0.2, 0.25) is 0 Å². The zero-order valence-corrected chi connectivity index (χ0v) is 11.7. The molecule has 2 saturated carbocycles. The first kappa shape index (κ1) is 14.2. The Morgan fingerprint density at radius 3 is 2.56 bits per heavy atom. The van der Waals surface area contributed by atoms with Gasteiger partial charge in [0.15, 0.2) is 0 Å². The molecule has 0 bridgehead atoms. The molecule has 106 valence electrons. The molecule has 18 heavy (non-hydrogen) atoms. The van der Waals surface area contributed by atoms with Crippen LogP contribution in [0.3, 0.4) is 0 Å². The van der Waals surface area contributed by atoms with Crippen molar-refractivity contribution in [2.45, 2.75) is 38.1 Å². The molecule has 0 atom stereocenters. The van der Waals surface area contributed by atoms with Gasteiger partial charge in [-0.1, -0.05) is 0 Å². The topological polar surface area (TPSA) is 67.4 Å². The molecular weight excluding hydrogens is 252 g/mol. The summed E-state index contributed by atoms with van der Waals surface area (Å²) < 4.78 is 31.2. The van der Waals surface area contributed by atoms with Crippen LogP contribution in [0.5, 0.6) is 0 Å². The second-order valence-corrected chi connectivity index (χ2v) is 7.24. The number of ether oxygens (including phenoxy) is 1. The predicted octanol–water partition coefficient (Wildman–Crippen LogP) is 0.475. The molecule has 0 heterocycles. The summed E-state index contributed by atoms with van der Waals surface area (Å²) in [7, 11) is -3.11. The summed E-state index contributed by atoms with van der Waals surface area (Å²) in [5.41, 5.74) is 0. The summed E-state index contributed by atoms with van der Waals surface area (Å²) in [4.78, 5) is 0. The molecule has 0 aliphatic heterocycles. The first-order valence-electron chi connectivity index (χ1n) is 6.94. The SMILES string of the molecule is O=S(=O)(CCNC1CC1)NCCCOCC1CC1. The smallest absolute Gasteiger partial charge is 0.212 e. The van der Waals surface area contributed by atoms with E-state index in [9.17, 15) is 8.42 Å². The Morgan fingerprint density at radius 1 is 1.11 bits per heavy atom. The third kappa shape index (κ3) is 6.68. The minimum absolute atomic E-state index is 0.173. The number of hydrogen-bond donors (Lipinski definition) is 2. The van der Waals surface area contributed by atoms with E-state index in [2.05, 4.69) is 10.0 Å². The number of nitrogens with one attached hydrogen (secondary N) is 2. The van der Waals surface area contributed by atoms with Crippen LogP contribution in [0.4, 0.5) is 0 Å². The minimum atomic E-state index is -3.11. The van der Waals surface area contributed by atoms with E-state index in [1.807, 2.05) is 0 Å². The van der Waals surface area contributed by atoms with Gasteiger partial charge < -0.3 is 10.1 Å². The van der Waals surface area contributed by atoms with Gasteiger partial charge in [0.05, 0.1) is 5.75 Å². The van der Waals surface area contributed by atoms with Crippen molar-refractivity contribution < 1.29 is 13.2 Å². The summed E-state index contributed by atoms with van der Waals surface area (Å²) in [6.07, 6.45) is 5.71. The molecule has 0 amide bonds. The van der Waals surface area contributed by atoms with E-state index in [1.54, 1.807) is 0 Å². The van der Waals surface area contributed by atoms with Gasteiger partial charge in [0.2, 0.25) is 10.0 Å². The van der Waals surface area contributed by atoms with Crippen molar-refractivity contribution in [3.63, 3.8) is 0 Å². The lowest BCUT2D eigenvalue weighted by molar-refractivity contribution is 0.123. The average molecular weight is 276 g/mol. The van der Waals surface area contributed by atoms with Gasteiger partial charge in [0.25, 0.3) is 0 Å². The lowest BCUT2D eigenvalue weighted by atomic mass is 10.4. The van der Waals surface area contributed by atoms with Crippen LogP contribution < -0.4 is 10.0 Å². The van der Waals surface area contributed by atoms with Crippen LogP contribution in [0.25, 0.3) is 0 Å². The van der Waals surface area contributed by atoms with Crippen molar-refractivity contribution in [2.24, 2.45) is 5.92 Å². The molecule has 0 aromatic carbocycles. The van der Waals surface area contributed by atoms with Gasteiger partial charge in [0.1, 0.15) is 0 Å². The van der Waals surface area contributed by atoms with Crippen LogP contribution in [0, 0.1) is 5.92 Å². The monoisotopic (exact) mass is 276 g/mol. The molecule has 0 saturated heterocycles. The van der Waals surface area contributed by atoms with E-state index in [0.717, 1.165) is 18.9 Å². The average Bonchev–Trinajstić information content (AvgIpc) is 3.15. The highest BCUT2D eigenvalue weighted by Gasteiger charge is 2.21. The third-order valence-corrected chi connectivity index (χ3v) is 4.60. The van der Waals surface area contributed by atoms with E-state index in [0.29, 0.717) is 25.7 Å². The van der Waals surface area contributed by atoms with Crippen molar-refractivity contribution in [3.05, 3.63) is 0 Å². The Morgan fingerprint density at radius 2 is 1.89 bits per heavy atom. The number of rotatable bonds is 11. The quantitative estimate of drug-likeness (QED) is 0.539. The summed E-state index contributed by atoms with van der Waals surface area (Å²) in [6.45, 7) is 2.53. The molecule has 2 N–H and O–H groups in total. The third-order valence-electron chi connectivity index (χ3n) is 3.22. The van der Waals surface area contributed by atoms with Gasteiger partial charge in [0, 0.05) is 32.3 Å². The number of sulfonamides is 1. The molecule has 0 radical (unpaired) electrons. The highest BCUT2D eigenvalue weighted by atomic mass is 32.2. The molecular formula is C12H24N2O3S. The maximum Gasteiger partial charge on any atom is 0.212 e. The molecule has 2 fully saturated rings. The molecule has 2 aliphatic rings. The molecule has 0 unspecified atom stereocenters. The maximum absolute atomic E-state index is 11.6. The lowest BCUT2D eigenvalue weighted by Gasteiger charge is -2.07. The zero-order chi connectivity index (χ0) is 12.8. The molecule has 5 nitrogen and oxygen atoms in total. The Kier molecular flexibility index (Phi) is 5.41. The first-order chi connectivity index (χ1) is 8.66. The summed E-state index contributed by atoms with van der Waals surface area (Å²) in [5, 5.41) is 3.20. The van der Waals surface area contributed by atoms with Gasteiger partial charge >= 0.3 is 0 Å². The van der Waals surface area contributed by atoms with Crippen LogP contribution in [-0.2, 0) is 14.8 Å². The fourth-order valence-corrected chi connectivity index (χ4v) is 2.68. The maximum atomic E-state index is 11.6. The zero-order valence-electron chi connectivity index (χ0n) is 10.9. The summed E-state index contributed by atoms with van der Waals surface area (Å²) >= 11 is 0. The van der Waals surface area contributed by atoms with Crippen LogP contribution >= 0.6 is 0 Å². The summed E-state index contributed by atoms with van der Waals surface area (Å²) in [6, 6.07) is 0.566. The van der Waals surface area contributed by atoms with Crippen molar-refractivity contribution >= 4 is 10.0 Å². The highest BCUT2D eigenvalue weighted by Crippen LogP contribution is 2.28. The van der Waals surface area contributed by atoms with E-state index >= 15 is 0 Å². The minimum Gasteiger partial charge on any atom is -0.381 e. The van der Waals surface area contributed by atoms with E-state index in [1.165, 1.54) is 25.7 Å². The second-order valence-electron chi connectivity index (χ2n) is 5.31. The van der Waals surface area contributed by atoms with Crippen LogP contribution in [0.15, 0.2) is 0 Å². The largest absolute Gasteiger partial charge is 0.381 e. The molecule has 0 aromatic rings. The predicted molar refractivity (Wildman–Crippen MR) is 71.0 cm³/mol. The van der Waals surface area contributed by atoms with E-state index < -0.39 is 10.0 Å². The van der Waals surface area contributed by atoms with E-state index in [4.69, 9.17) is 4.74 Å².